The number of nitrogens with one attached hydrogen (secondary N) is 1. The predicted molar refractivity (Wildman–Crippen MR) is 122 cm³/mol. The van der Waals surface area contributed by atoms with E-state index < -0.39 is 11.9 Å². The Labute approximate surface area is 192 Å². The van der Waals surface area contributed by atoms with Crippen molar-refractivity contribution in [2.24, 2.45) is 0 Å². The number of carboxylic acids is 1. The summed E-state index contributed by atoms with van der Waals surface area (Å²) < 4.78 is 6.59. The van der Waals surface area contributed by atoms with E-state index in [-0.39, 0.29) is 23.5 Å². The highest BCUT2D eigenvalue weighted by molar-refractivity contribution is 9.10. The Morgan fingerprint density at radius 3 is 2.38 bits per heavy atom. The second-order valence-corrected chi connectivity index (χ2v) is 7.56. The molecule has 0 unspecified atom stereocenters. The molecule has 0 atom stereocenters. The number of hydrogen-bond acceptors (Lipinski definition) is 5. The summed E-state index contributed by atoms with van der Waals surface area (Å²) in [5.74, 6) is -1.10. The molecule has 3 aromatic carbocycles. The van der Waals surface area contributed by atoms with Gasteiger partial charge in [0.05, 0.1) is 5.56 Å². The number of halogens is 1. The van der Waals surface area contributed by atoms with Gasteiger partial charge in [0.15, 0.2) is 0 Å². The number of carbonyl (C=O) groups excluding carboxylic acids is 1. The molecule has 0 saturated heterocycles. The zero-order valence-electron chi connectivity index (χ0n) is 16.6. The van der Waals surface area contributed by atoms with Crippen LogP contribution in [-0.4, -0.2) is 22.1 Å². The van der Waals surface area contributed by atoms with Crippen LogP contribution in [0.5, 0.6) is 11.5 Å². The van der Waals surface area contributed by atoms with E-state index in [1.54, 1.807) is 30.3 Å². The monoisotopic (exact) mass is 492 g/mol. The number of phenols is 1. The molecule has 3 N–H and O–H groups in total. The van der Waals surface area contributed by atoms with Crippen molar-refractivity contribution in [1.29, 1.82) is 5.26 Å². The number of nitriles is 1. The van der Waals surface area contributed by atoms with Gasteiger partial charge < -0.3 is 20.3 Å². The Morgan fingerprint density at radius 2 is 1.75 bits per heavy atom. The lowest BCUT2D eigenvalue weighted by Crippen LogP contribution is -2.13. The van der Waals surface area contributed by atoms with Crippen molar-refractivity contribution < 1.29 is 24.5 Å². The highest BCUT2D eigenvalue weighted by Crippen LogP contribution is 2.27. The van der Waals surface area contributed by atoms with Crippen molar-refractivity contribution in [3.8, 4) is 17.6 Å². The second kappa shape index (κ2) is 10.3. The summed E-state index contributed by atoms with van der Waals surface area (Å²) in [5, 5.41) is 30.4. The Hall–Kier alpha value is -4.09. The molecule has 0 aromatic heterocycles. The molecule has 1 amide bonds. The fourth-order valence-corrected chi connectivity index (χ4v) is 3.09. The topological polar surface area (TPSA) is 120 Å². The molecule has 7 nitrogen and oxygen atoms in total. The Morgan fingerprint density at radius 1 is 1.06 bits per heavy atom. The number of rotatable bonds is 7. The molecule has 8 heteroatoms. The van der Waals surface area contributed by atoms with E-state index in [0.29, 0.717) is 17.0 Å². The van der Waals surface area contributed by atoms with E-state index in [1.165, 1.54) is 42.5 Å². The van der Waals surface area contributed by atoms with Gasteiger partial charge in [0.25, 0.3) is 5.91 Å². The van der Waals surface area contributed by atoms with E-state index in [0.717, 1.165) is 10.0 Å². The first-order valence-corrected chi connectivity index (χ1v) is 10.1. The van der Waals surface area contributed by atoms with Gasteiger partial charge in [-0.15, -0.1) is 0 Å². The van der Waals surface area contributed by atoms with Crippen LogP contribution in [0.25, 0.3) is 6.08 Å². The summed E-state index contributed by atoms with van der Waals surface area (Å²) in [6, 6.07) is 19.3. The Kier molecular flexibility index (Phi) is 7.26. The molecule has 0 radical (unpaired) electrons. The molecule has 0 aliphatic rings. The fourth-order valence-electron chi connectivity index (χ4n) is 2.72. The molecule has 0 spiro atoms. The standard InChI is InChI=1S/C24H17BrN2O5/c25-19-5-10-22(32-14-15-1-3-16(4-2-15)24(30)31)17(12-19)11-18(13-26)23(29)27-20-6-8-21(28)9-7-20/h1-12,28H,14H2,(H,27,29)(H,30,31)/b18-11+. The largest absolute Gasteiger partial charge is 0.508 e. The number of phenolic OH excluding ortho intramolecular Hbond substituents is 1. The zero-order valence-corrected chi connectivity index (χ0v) is 18.2. The summed E-state index contributed by atoms with van der Waals surface area (Å²) in [5.41, 5.74) is 1.76. The smallest absolute Gasteiger partial charge is 0.335 e. The molecular weight excluding hydrogens is 476 g/mol. The van der Waals surface area contributed by atoms with Gasteiger partial charge in [0.1, 0.15) is 29.7 Å². The number of carboxylic acid groups (broad SMARTS) is 1. The number of hydrogen-bond donors (Lipinski definition) is 3. The maximum Gasteiger partial charge on any atom is 0.335 e. The van der Waals surface area contributed by atoms with Crippen molar-refractivity contribution in [2.75, 3.05) is 5.32 Å². The molecule has 0 aliphatic carbocycles. The maximum atomic E-state index is 12.5. The predicted octanol–water partition coefficient (Wildman–Crippen LogP) is 4.98. The van der Waals surface area contributed by atoms with Crippen LogP contribution in [0.1, 0.15) is 21.5 Å². The first-order chi connectivity index (χ1) is 15.4. The zero-order chi connectivity index (χ0) is 23.1. The number of anilines is 1. The van der Waals surface area contributed by atoms with Crippen LogP contribution >= 0.6 is 15.9 Å². The van der Waals surface area contributed by atoms with Gasteiger partial charge in [-0.25, -0.2) is 4.79 Å². The van der Waals surface area contributed by atoms with Crippen LogP contribution < -0.4 is 10.1 Å². The Balaban J connectivity index is 1.79. The van der Waals surface area contributed by atoms with E-state index in [2.05, 4.69) is 21.2 Å². The molecule has 0 aliphatic heterocycles. The molecular formula is C24H17BrN2O5. The first kappa shape index (κ1) is 22.6. The first-order valence-electron chi connectivity index (χ1n) is 9.32. The third kappa shape index (κ3) is 5.97. The second-order valence-electron chi connectivity index (χ2n) is 6.64. The van der Waals surface area contributed by atoms with Gasteiger partial charge in [-0.05, 0) is 66.2 Å². The third-order valence-electron chi connectivity index (χ3n) is 4.36. The summed E-state index contributed by atoms with van der Waals surface area (Å²) in [4.78, 5) is 23.5. The van der Waals surface area contributed by atoms with Gasteiger partial charge in [-0.3, -0.25) is 4.79 Å². The highest BCUT2D eigenvalue weighted by atomic mass is 79.9. The number of amides is 1. The van der Waals surface area contributed by atoms with Crippen molar-refractivity contribution in [3.63, 3.8) is 0 Å². The third-order valence-corrected chi connectivity index (χ3v) is 4.85. The molecule has 0 saturated carbocycles. The summed E-state index contributed by atoms with van der Waals surface area (Å²) in [7, 11) is 0. The molecule has 0 fully saturated rings. The van der Waals surface area contributed by atoms with E-state index in [4.69, 9.17) is 9.84 Å². The maximum absolute atomic E-state index is 12.5. The van der Waals surface area contributed by atoms with Gasteiger partial charge in [-0.1, -0.05) is 28.1 Å². The van der Waals surface area contributed by atoms with Gasteiger partial charge in [0, 0.05) is 15.7 Å². The van der Waals surface area contributed by atoms with Crippen LogP contribution in [0, 0.1) is 11.3 Å². The molecule has 0 heterocycles. The van der Waals surface area contributed by atoms with Gasteiger partial charge >= 0.3 is 5.97 Å². The van der Waals surface area contributed by atoms with Crippen LogP contribution in [0.2, 0.25) is 0 Å². The highest BCUT2D eigenvalue weighted by Gasteiger charge is 2.12. The van der Waals surface area contributed by atoms with Crippen LogP contribution in [0.4, 0.5) is 5.69 Å². The van der Waals surface area contributed by atoms with Crippen molar-refractivity contribution in [2.45, 2.75) is 6.61 Å². The molecule has 160 valence electrons. The van der Waals surface area contributed by atoms with Crippen molar-refractivity contribution in [1.82, 2.24) is 0 Å². The number of benzene rings is 3. The van der Waals surface area contributed by atoms with Crippen LogP contribution in [0.3, 0.4) is 0 Å². The number of aromatic hydroxyl groups is 1. The minimum atomic E-state index is -1.01. The summed E-state index contributed by atoms with van der Waals surface area (Å²) in [6.07, 6.45) is 1.42. The average molecular weight is 493 g/mol. The van der Waals surface area contributed by atoms with E-state index >= 15 is 0 Å². The molecule has 3 rings (SSSR count). The Bertz CT molecular complexity index is 1210. The molecule has 0 bridgehead atoms. The normalized spacial score (nSPS) is 10.8. The SMILES string of the molecule is N#C/C(=C\c1cc(Br)ccc1OCc1ccc(C(=O)O)cc1)C(=O)Nc1ccc(O)cc1. The van der Waals surface area contributed by atoms with Crippen LogP contribution in [-0.2, 0) is 11.4 Å². The van der Waals surface area contributed by atoms with Crippen LogP contribution in [0.15, 0.2) is 76.8 Å². The molecule has 3 aromatic rings. The van der Waals surface area contributed by atoms with Crippen molar-refractivity contribution in [3.05, 3.63) is 93.5 Å². The lowest BCUT2D eigenvalue weighted by Gasteiger charge is -2.11. The summed E-state index contributed by atoms with van der Waals surface area (Å²) in [6.45, 7) is 0.171. The minimum absolute atomic E-state index is 0.0626. The number of aromatic carboxylic acids is 1. The molecule has 32 heavy (non-hydrogen) atoms. The van der Waals surface area contributed by atoms with E-state index in [1.807, 2.05) is 6.07 Å². The number of ether oxygens (including phenoxy) is 1. The van der Waals surface area contributed by atoms with Gasteiger partial charge in [0.2, 0.25) is 0 Å². The lowest BCUT2D eigenvalue weighted by molar-refractivity contribution is -0.112. The van der Waals surface area contributed by atoms with Crippen molar-refractivity contribution >= 4 is 39.6 Å². The van der Waals surface area contributed by atoms with E-state index in [9.17, 15) is 20.0 Å². The minimum Gasteiger partial charge on any atom is -0.508 e. The quantitative estimate of drug-likeness (QED) is 0.243. The average Bonchev–Trinajstić information content (AvgIpc) is 2.78. The fraction of sp³-hybridized carbons (Fsp3) is 0.0417. The van der Waals surface area contributed by atoms with Gasteiger partial charge in [-0.2, -0.15) is 5.26 Å². The number of carbonyl (C=O) groups is 2. The number of nitrogens with zero attached hydrogens (tertiary/aromatic N) is 1. The summed E-state index contributed by atoms with van der Waals surface area (Å²) >= 11 is 3.38. The lowest BCUT2D eigenvalue weighted by atomic mass is 10.1.